The fourth-order valence-electron chi connectivity index (χ4n) is 1.76. The van der Waals surface area contributed by atoms with Crippen LogP contribution < -0.4 is 4.90 Å². The van der Waals surface area contributed by atoms with Crippen molar-refractivity contribution in [2.24, 2.45) is 0 Å². The summed E-state index contributed by atoms with van der Waals surface area (Å²) in [5, 5.41) is 9.13. The van der Waals surface area contributed by atoms with Crippen LogP contribution in [-0.2, 0) is 13.2 Å². The summed E-state index contributed by atoms with van der Waals surface area (Å²) in [6.45, 7) is 0.877. The van der Waals surface area contributed by atoms with Crippen LogP contribution in [0.25, 0.3) is 0 Å². The van der Waals surface area contributed by atoms with E-state index in [4.69, 9.17) is 5.11 Å². The van der Waals surface area contributed by atoms with Gasteiger partial charge in [-0.3, -0.25) is 4.98 Å². The van der Waals surface area contributed by atoms with Crippen molar-refractivity contribution >= 4 is 21.6 Å². The van der Waals surface area contributed by atoms with E-state index in [1.54, 1.807) is 12.4 Å². The number of pyridine rings is 1. The molecule has 1 aromatic carbocycles. The average Bonchev–Trinajstić information content (AvgIpc) is 2.39. The van der Waals surface area contributed by atoms with Gasteiger partial charge in [0, 0.05) is 36.1 Å². The van der Waals surface area contributed by atoms with Crippen LogP contribution in [-0.4, -0.2) is 17.1 Å². The molecule has 1 heterocycles. The molecule has 0 aliphatic carbocycles. The third-order valence-corrected chi connectivity index (χ3v) is 3.56. The molecule has 4 heteroatoms. The molecule has 1 aromatic heterocycles. The zero-order chi connectivity index (χ0) is 13.0. The van der Waals surface area contributed by atoms with E-state index >= 15 is 0 Å². The lowest BCUT2D eigenvalue weighted by Crippen LogP contribution is -2.16. The topological polar surface area (TPSA) is 36.4 Å². The Morgan fingerprint density at radius 2 is 1.94 bits per heavy atom. The maximum absolute atomic E-state index is 9.13. The lowest BCUT2D eigenvalue weighted by Gasteiger charge is -2.20. The number of aromatic nitrogens is 1. The minimum Gasteiger partial charge on any atom is -0.392 e. The fraction of sp³-hybridized carbons (Fsp3) is 0.214. The highest BCUT2D eigenvalue weighted by molar-refractivity contribution is 9.10. The SMILES string of the molecule is CN(Cc1ccncc1)c1ccc(CO)c(Br)c1. The predicted octanol–water partition coefficient (Wildman–Crippen LogP) is 2.97. The lowest BCUT2D eigenvalue weighted by molar-refractivity contribution is 0.281. The third-order valence-electron chi connectivity index (χ3n) is 2.82. The quantitative estimate of drug-likeness (QED) is 0.943. The van der Waals surface area contributed by atoms with Crippen LogP contribution in [0.4, 0.5) is 5.69 Å². The maximum Gasteiger partial charge on any atom is 0.0692 e. The first kappa shape index (κ1) is 13.1. The summed E-state index contributed by atoms with van der Waals surface area (Å²) < 4.78 is 0.934. The Morgan fingerprint density at radius 3 is 2.56 bits per heavy atom. The number of anilines is 1. The smallest absolute Gasteiger partial charge is 0.0692 e. The molecule has 1 N–H and O–H groups in total. The van der Waals surface area contributed by atoms with E-state index in [1.807, 2.05) is 37.4 Å². The second kappa shape index (κ2) is 5.98. The summed E-state index contributed by atoms with van der Waals surface area (Å²) in [7, 11) is 2.04. The van der Waals surface area contributed by atoms with Crippen molar-refractivity contribution in [1.82, 2.24) is 4.98 Å². The first-order valence-corrected chi connectivity index (χ1v) is 6.49. The van der Waals surface area contributed by atoms with E-state index in [0.29, 0.717) is 0 Å². The molecule has 0 fully saturated rings. The zero-order valence-electron chi connectivity index (χ0n) is 10.2. The Labute approximate surface area is 115 Å². The highest BCUT2D eigenvalue weighted by atomic mass is 79.9. The van der Waals surface area contributed by atoms with Crippen LogP contribution in [0.1, 0.15) is 11.1 Å². The second-order valence-electron chi connectivity index (χ2n) is 4.15. The van der Waals surface area contributed by atoms with E-state index in [9.17, 15) is 0 Å². The molecule has 0 saturated heterocycles. The third kappa shape index (κ3) is 3.09. The predicted molar refractivity (Wildman–Crippen MR) is 76.4 cm³/mol. The van der Waals surface area contributed by atoms with Crippen LogP contribution in [0.3, 0.4) is 0 Å². The molecule has 0 saturated carbocycles. The van der Waals surface area contributed by atoms with E-state index < -0.39 is 0 Å². The van der Waals surface area contributed by atoms with Crippen molar-refractivity contribution in [3.8, 4) is 0 Å². The van der Waals surface area contributed by atoms with Crippen molar-refractivity contribution in [2.45, 2.75) is 13.2 Å². The van der Waals surface area contributed by atoms with Crippen molar-refractivity contribution < 1.29 is 5.11 Å². The van der Waals surface area contributed by atoms with Gasteiger partial charge in [0.1, 0.15) is 0 Å². The van der Waals surface area contributed by atoms with Crippen molar-refractivity contribution in [1.29, 1.82) is 0 Å². The summed E-state index contributed by atoms with van der Waals surface area (Å²) in [4.78, 5) is 6.16. The molecular formula is C14H15BrN2O. The largest absolute Gasteiger partial charge is 0.392 e. The van der Waals surface area contributed by atoms with Crippen LogP contribution in [0.15, 0.2) is 47.2 Å². The number of hydrogen-bond donors (Lipinski definition) is 1. The molecule has 0 bridgehead atoms. The van der Waals surface area contributed by atoms with Gasteiger partial charge in [-0.25, -0.2) is 0 Å². The fourth-order valence-corrected chi connectivity index (χ4v) is 2.25. The number of nitrogens with zero attached hydrogens (tertiary/aromatic N) is 2. The summed E-state index contributed by atoms with van der Waals surface area (Å²) in [5.74, 6) is 0. The molecule has 0 spiro atoms. The second-order valence-corrected chi connectivity index (χ2v) is 5.00. The Morgan fingerprint density at radius 1 is 1.22 bits per heavy atom. The summed E-state index contributed by atoms with van der Waals surface area (Å²) >= 11 is 3.46. The number of aliphatic hydroxyl groups is 1. The molecule has 0 unspecified atom stereocenters. The molecule has 0 radical (unpaired) electrons. The molecule has 2 rings (SSSR count). The molecule has 0 aliphatic heterocycles. The van der Waals surface area contributed by atoms with Gasteiger partial charge in [-0.2, -0.15) is 0 Å². The van der Waals surface area contributed by atoms with Gasteiger partial charge in [0.15, 0.2) is 0 Å². The van der Waals surface area contributed by atoms with Gasteiger partial charge in [0.2, 0.25) is 0 Å². The van der Waals surface area contributed by atoms with Crippen LogP contribution >= 0.6 is 15.9 Å². The van der Waals surface area contributed by atoms with Crippen molar-refractivity contribution in [2.75, 3.05) is 11.9 Å². The molecule has 0 atom stereocenters. The van der Waals surface area contributed by atoms with E-state index in [1.165, 1.54) is 5.56 Å². The van der Waals surface area contributed by atoms with Gasteiger partial charge in [-0.1, -0.05) is 22.0 Å². The Hall–Kier alpha value is -1.39. The van der Waals surface area contributed by atoms with Crippen LogP contribution in [0.2, 0.25) is 0 Å². The number of benzene rings is 1. The monoisotopic (exact) mass is 306 g/mol. The number of aliphatic hydroxyl groups excluding tert-OH is 1. The summed E-state index contributed by atoms with van der Waals surface area (Å²) in [6, 6.07) is 9.98. The highest BCUT2D eigenvalue weighted by Crippen LogP contribution is 2.24. The van der Waals surface area contributed by atoms with E-state index in [2.05, 4.69) is 25.8 Å². The van der Waals surface area contributed by atoms with Crippen LogP contribution in [0.5, 0.6) is 0 Å². The van der Waals surface area contributed by atoms with Crippen molar-refractivity contribution in [3.63, 3.8) is 0 Å². The minimum absolute atomic E-state index is 0.0505. The number of hydrogen-bond acceptors (Lipinski definition) is 3. The molecular weight excluding hydrogens is 292 g/mol. The molecule has 2 aromatic rings. The normalized spacial score (nSPS) is 10.4. The maximum atomic E-state index is 9.13. The standard InChI is InChI=1S/C14H15BrN2O/c1-17(9-11-4-6-16-7-5-11)13-3-2-12(10-18)14(15)8-13/h2-8,18H,9-10H2,1H3. The number of halogens is 1. The summed E-state index contributed by atoms with van der Waals surface area (Å²) in [6.07, 6.45) is 3.60. The Bertz CT molecular complexity index is 516. The van der Waals surface area contributed by atoms with E-state index in [-0.39, 0.29) is 6.61 Å². The lowest BCUT2D eigenvalue weighted by atomic mass is 10.2. The molecule has 0 amide bonds. The van der Waals surface area contributed by atoms with Crippen LogP contribution in [0, 0.1) is 0 Å². The summed E-state index contributed by atoms with van der Waals surface area (Å²) in [5.41, 5.74) is 3.22. The van der Waals surface area contributed by atoms with Gasteiger partial charge >= 0.3 is 0 Å². The first-order chi connectivity index (χ1) is 8.70. The van der Waals surface area contributed by atoms with Gasteiger partial charge in [-0.05, 0) is 35.4 Å². The first-order valence-electron chi connectivity index (χ1n) is 5.70. The number of rotatable bonds is 4. The van der Waals surface area contributed by atoms with Gasteiger partial charge < -0.3 is 10.0 Å². The minimum atomic E-state index is 0.0505. The molecule has 94 valence electrons. The molecule has 18 heavy (non-hydrogen) atoms. The molecule has 3 nitrogen and oxygen atoms in total. The van der Waals surface area contributed by atoms with Gasteiger partial charge in [-0.15, -0.1) is 0 Å². The zero-order valence-corrected chi connectivity index (χ0v) is 11.8. The average molecular weight is 307 g/mol. The Kier molecular flexibility index (Phi) is 4.33. The van der Waals surface area contributed by atoms with Gasteiger partial charge in [0.05, 0.1) is 6.61 Å². The molecule has 0 aliphatic rings. The highest BCUT2D eigenvalue weighted by Gasteiger charge is 2.05. The van der Waals surface area contributed by atoms with Gasteiger partial charge in [0.25, 0.3) is 0 Å². The van der Waals surface area contributed by atoms with E-state index in [0.717, 1.165) is 22.3 Å². The Balaban J connectivity index is 2.14. The van der Waals surface area contributed by atoms with Crippen molar-refractivity contribution in [3.05, 3.63) is 58.3 Å².